The number of hydrogen-bond donors (Lipinski definition) is 2. The first kappa shape index (κ1) is 18.1. The van der Waals surface area contributed by atoms with Crippen LogP contribution in [0.4, 0.5) is 13.2 Å². The fourth-order valence-electron chi connectivity index (χ4n) is 2.76. The molecule has 1 aliphatic carbocycles. The SMILES string of the molecule is O=C(O)COc1cccc(C(=O)NC2CCCC(C(F)(F)F)C2)c1. The van der Waals surface area contributed by atoms with Gasteiger partial charge in [0.05, 0.1) is 5.92 Å². The number of carboxylic acid groups (broad SMARTS) is 1. The molecule has 1 amide bonds. The summed E-state index contributed by atoms with van der Waals surface area (Å²) >= 11 is 0. The van der Waals surface area contributed by atoms with Gasteiger partial charge in [-0.3, -0.25) is 4.79 Å². The number of amides is 1. The van der Waals surface area contributed by atoms with Crippen LogP contribution in [0.1, 0.15) is 36.0 Å². The molecule has 0 aliphatic heterocycles. The number of rotatable bonds is 5. The smallest absolute Gasteiger partial charge is 0.391 e. The highest BCUT2D eigenvalue weighted by molar-refractivity contribution is 5.94. The van der Waals surface area contributed by atoms with E-state index in [1.54, 1.807) is 0 Å². The molecule has 2 unspecified atom stereocenters. The number of ether oxygens (including phenoxy) is 1. The number of carbonyl (C=O) groups is 2. The summed E-state index contributed by atoms with van der Waals surface area (Å²) in [4.78, 5) is 22.7. The van der Waals surface area contributed by atoms with Gasteiger partial charge in [0.2, 0.25) is 0 Å². The molecule has 0 bridgehead atoms. The van der Waals surface area contributed by atoms with Crippen LogP contribution in [-0.2, 0) is 4.79 Å². The highest BCUT2D eigenvalue weighted by Gasteiger charge is 2.42. The van der Waals surface area contributed by atoms with E-state index in [9.17, 15) is 22.8 Å². The lowest BCUT2D eigenvalue weighted by Gasteiger charge is -2.31. The second kappa shape index (κ2) is 7.55. The molecule has 0 radical (unpaired) electrons. The number of hydrogen-bond acceptors (Lipinski definition) is 3. The van der Waals surface area contributed by atoms with Crippen LogP contribution >= 0.6 is 0 Å². The number of aliphatic carboxylic acids is 1. The van der Waals surface area contributed by atoms with Gasteiger partial charge in [-0.2, -0.15) is 13.2 Å². The molecule has 2 atom stereocenters. The highest BCUT2D eigenvalue weighted by Crippen LogP contribution is 2.37. The monoisotopic (exact) mass is 345 g/mol. The Morgan fingerprint density at radius 1 is 1.29 bits per heavy atom. The first-order chi connectivity index (χ1) is 11.3. The van der Waals surface area contributed by atoms with Crippen LogP contribution < -0.4 is 10.1 Å². The summed E-state index contributed by atoms with van der Waals surface area (Å²) < 4.78 is 43.4. The second-order valence-electron chi connectivity index (χ2n) is 5.79. The van der Waals surface area contributed by atoms with Crippen molar-refractivity contribution in [3.8, 4) is 5.75 Å². The minimum Gasteiger partial charge on any atom is -0.482 e. The van der Waals surface area contributed by atoms with E-state index >= 15 is 0 Å². The van der Waals surface area contributed by atoms with E-state index in [-0.39, 0.29) is 24.2 Å². The average molecular weight is 345 g/mol. The number of nitrogens with one attached hydrogen (secondary N) is 1. The molecular weight excluding hydrogens is 327 g/mol. The lowest BCUT2D eigenvalue weighted by molar-refractivity contribution is -0.183. The van der Waals surface area contributed by atoms with Gasteiger partial charge in [-0.05, 0) is 37.5 Å². The van der Waals surface area contributed by atoms with Gasteiger partial charge in [-0.1, -0.05) is 12.5 Å². The molecule has 2 N–H and O–H groups in total. The van der Waals surface area contributed by atoms with Crippen molar-refractivity contribution >= 4 is 11.9 Å². The Kier molecular flexibility index (Phi) is 5.69. The number of carboxylic acids is 1. The van der Waals surface area contributed by atoms with E-state index in [0.29, 0.717) is 12.8 Å². The molecule has 1 aromatic rings. The fraction of sp³-hybridized carbons (Fsp3) is 0.500. The first-order valence-corrected chi connectivity index (χ1v) is 7.58. The minimum atomic E-state index is -4.24. The predicted molar refractivity (Wildman–Crippen MR) is 78.8 cm³/mol. The van der Waals surface area contributed by atoms with Gasteiger partial charge in [0, 0.05) is 11.6 Å². The van der Waals surface area contributed by atoms with Gasteiger partial charge >= 0.3 is 12.1 Å². The normalized spacial score (nSPS) is 21.1. The highest BCUT2D eigenvalue weighted by atomic mass is 19.4. The van der Waals surface area contributed by atoms with E-state index in [0.717, 1.165) is 0 Å². The number of benzene rings is 1. The lowest BCUT2D eigenvalue weighted by atomic mass is 9.85. The molecule has 0 heterocycles. The molecule has 0 saturated heterocycles. The molecule has 8 heteroatoms. The van der Waals surface area contributed by atoms with Crippen LogP contribution in [0.15, 0.2) is 24.3 Å². The van der Waals surface area contributed by atoms with Gasteiger partial charge in [-0.25, -0.2) is 4.79 Å². The zero-order valence-electron chi connectivity index (χ0n) is 12.8. The Morgan fingerprint density at radius 2 is 2.04 bits per heavy atom. The summed E-state index contributed by atoms with van der Waals surface area (Å²) in [6.45, 7) is -0.541. The molecule has 1 fully saturated rings. The number of carbonyl (C=O) groups excluding carboxylic acids is 1. The summed E-state index contributed by atoms with van der Waals surface area (Å²) in [5.74, 6) is -2.82. The van der Waals surface area contributed by atoms with E-state index in [4.69, 9.17) is 9.84 Å². The Hall–Kier alpha value is -2.25. The maximum atomic E-state index is 12.8. The average Bonchev–Trinajstić information content (AvgIpc) is 2.52. The zero-order valence-corrected chi connectivity index (χ0v) is 12.8. The molecule has 5 nitrogen and oxygen atoms in total. The van der Waals surface area contributed by atoms with Gasteiger partial charge in [-0.15, -0.1) is 0 Å². The standard InChI is InChI=1S/C16H18F3NO4/c17-16(18,19)11-4-2-5-12(8-11)20-15(23)10-3-1-6-13(7-10)24-9-14(21)22/h1,3,6-7,11-12H,2,4-5,8-9H2,(H,20,23)(H,21,22). The van der Waals surface area contributed by atoms with E-state index in [2.05, 4.69) is 5.32 Å². The first-order valence-electron chi connectivity index (χ1n) is 7.58. The third-order valence-electron chi connectivity index (χ3n) is 3.93. The third-order valence-corrected chi connectivity index (χ3v) is 3.93. The molecule has 1 aromatic carbocycles. The third kappa shape index (κ3) is 5.14. The summed E-state index contributed by atoms with van der Waals surface area (Å²) in [5, 5.41) is 11.2. The van der Waals surface area contributed by atoms with Crippen molar-refractivity contribution in [2.24, 2.45) is 5.92 Å². The molecule has 1 aliphatic rings. The van der Waals surface area contributed by atoms with Crippen LogP contribution in [0, 0.1) is 5.92 Å². The Morgan fingerprint density at radius 3 is 2.71 bits per heavy atom. The second-order valence-corrected chi connectivity index (χ2v) is 5.79. The number of halogens is 3. The molecule has 1 saturated carbocycles. The molecule has 0 aromatic heterocycles. The Bertz CT molecular complexity index is 603. The largest absolute Gasteiger partial charge is 0.482 e. The zero-order chi connectivity index (χ0) is 17.7. The summed E-state index contributed by atoms with van der Waals surface area (Å²) in [7, 11) is 0. The van der Waals surface area contributed by atoms with Crippen molar-refractivity contribution in [1.29, 1.82) is 0 Å². The van der Waals surface area contributed by atoms with E-state index in [1.807, 2.05) is 0 Å². The van der Waals surface area contributed by atoms with Crippen molar-refractivity contribution in [3.63, 3.8) is 0 Å². The van der Waals surface area contributed by atoms with Crippen LogP contribution in [-0.4, -0.2) is 35.8 Å². The van der Waals surface area contributed by atoms with Crippen molar-refractivity contribution in [3.05, 3.63) is 29.8 Å². The van der Waals surface area contributed by atoms with Crippen LogP contribution in [0.5, 0.6) is 5.75 Å². The van der Waals surface area contributed by atoms with Crippen molar-refractivity contribution in [1.82, 2.24) is 5.32 Å². The molecule has 132 valence electrons. The summed E-state index contributed by atoms with van der Waals surface area (Å²) in [5.41, 5.74) is 0.215. The molecule has 2 rings (SSSR count). The maximum absolute atomic E-state index is 12.8. The van der Waals surface area contributed by atoms with Crippen LogP contribution in [0.2, 0.25) is 0 Å². The summed E-state index contributed by atoms with van der Waals surface area (Å²) in [6, 6.07) is 5.35. The van der Waals surface area contributed by atoms with Gasteiger partial charge in [0.25, 0.3) is 5.91 Å². The summed E-state index contributed by atoms with van der Waals surface area (Å²) in [6.07, 6.45) is -3.35. The van der Waals surface area contributed by atoms with E-state index in [1.165, 1.54) is 24.3 Å². The minimum absolute atomic E-state index is 0.0917. The fourth-order valence-corrected chi connectivity index (χ4v) is 2.76. The van der Waals surface area contributed by atoms with Crippen molar-refractivity contribution < 1.29 is 32.6 Å². The van der Waals surface area contributed by atoms with Crippen molar-refractivity contribution in [2.45, 2.75) is 37.9 Å². The van der Waals surface area contributed by atoms with Gasteiger partial charge in [0.15, 0.2) is 6.61 Å². The maximum Gasteiger partial charge on any atom is 0.391 e. The lowest BCUT2D eigenvalue weighted by Crippen LogP contribution is -2.41. The van der Waals surface area contributed by atoms with Crippen LogP contribution in [0.25, 0.3) is 0 Å². The Labute approximate surface area is 136 Å². The van der Waals surface area contributed by atoms with Crippen LogP contribution in [0.3, 0.4) is 0 Å². The van der Waals surface area contributed by atoms with Crippen molar-refractivity contribution in [2.75, 3.05) is 6.61 Å². The Balaban J connectivity index is 1.96. The molecular formula is C16H18F3NO4. The van der Waals surface area contributed by atoms with E-state index < -0.39 is 36.6 Å². The molecule has 24 heavy (non-hydrogen) atoms. The number of alkyl halides is 3. The van der Waals surface area contributed by atoms with Gasteiger partial charge < -0.3 is 15.2 Å². The van der Waals surface area contributed by atoms with Gasteiger partial charge in [0.1, 0.15) is 5.75 Å². The molecule has 0 spiro atoms. The predicted octanol–water partition coefficient (Wildman–Crippen LogP) is 3.00. The topological polar surface area (TPSA) is 75.6 Å². The quantitative estimate of drug-likeness (QED) is 0.860.